The Balaban J connectivity index is 1.59. The fraction of sp³-hybridized carbons (Fsp3) is 0.538. The molecular weight excluding hydrogens is 214 g/mol. The van der Waals surface area contributed by atoms with E-state index >= 15 is 0 Å². The SMILES string of the molecule is Cc1ccc(CNCCC(=O)NC2CC2)nc1. The first-order valence-electron chi connectivity index (χ1n) is 6.15. The van der Waals surface area contributed by atoms with E-state index in [1.165, 1.54) is 0 Å². The number of nitrogens with zero attached hydrogens (tertiary/aromatic N) is 1. The smallest absolute Gasteiger partial charge is 0.221 e. The van der Waals surface area contributed by atoms with Crippen molar-refractivity contribution in [2.45, 2.75) is 38.8 Å². The summed E-state index contributed by atoms with van der Waals surface area (Å²) >= 11 is 0. The molecule has 0 spiro atoms. The number of amides is 1. The van der Waals surface area contributed by atoms with Crippen molar-refractivity contribution in [3.05, 3.63) is 29.6 Å². The maximum absolute atomic E-state index is 11.4. The van der Waals surface area contributed by atoms with Gasteiger partial charge in [0.15, 0.2) is 0 Å². The first-order chi connectivity index (χ1) is 8.24. The Labute approximate surface area is 102 Å². The topological polar surface area (TPSA) is 54.0 Å². The Morgan fingerprint density at radius 1 is 1.47 bits per heavy atom. The van der Waals surface area contributed by atoms with Crippen LogP contribution in [0.25, 0.3) is 0 Å². The number of carbonyl (C=O) groups is 1. The van der Waals surface area contributed by atoms with Crippen molar-refractivity contribution in [3.63, 3.8) is 0 Å². The van der Waals surface area contributed by atoms with Gasteiger partial charge in [-0.05, 0) is 31.4 Å². The van der Waals surface area contributed by atoms with E-state index in [9.17, 15) is 4.79 Å². The molecular formula is C13H19N3O. The van der Waals surface area contributed by atoms with Crippen LogP contribution >= 0.6 is 0 Å². The van der Waals surface area contributed by atoms with E-state index in [0.29, 0.717) is 19.0 Å². The van der Waals surface area contributed by atoms with Crippen LogP contribution in [0.15, 0.2) is 18.3 Å². The zero-order valence-corrected chi connectivity index (χ0v) is 10.2. The molecule has 0 bridgehead atoms. The Morgan fingerprint density at radius 2 is 2.29 bits per heavy atom. The molecule has 0 aliphatic heterocycles. The molecule has 2 rings (SSSR count). The van der Waals surface area contributed by atoms with Gasteiger partial charge in [-0.15, -0.1) is 0 Å². The predicted molar refractivity (Wildman–Crippen MR) is 66.5 cm³/mol. The van der Waals surface area contributed by atoms with Gasteiger partial charge in [0.2, 0.25) is 5.91 Å². The quantitative estimate of drug-likeness (QED) is 0.725. The highest BCUT2D eigenvalue weighted by molar-refractivity contribution is 5.76. The summed E-state index contributed by atoms with van der Waals surface area (Å²) in [6.45, 7) is 3.44. The number of aryl methyl sites for hydroxylation is 1. The molecule has 0 saturated heterocycles. The van der Waals surface area contributed by atoms with E-state index in [1.54, 1.807) is 0 Å². The Bertz CT molecular complexity index is 371. The van der Waals surface area contributed by atoms with Crippen LogP contribution in [0.1, 0.15) is 30.5 Å². The number of pyridine rings is 1. The molecule has 1 aliphatic rings. The molecule has 1 aliphatic carbocycles. The molecule has 1 amide bonds. The normalized spacial score (nSPS) is 14.6. The number of carbonyl (C=O) groups excluding carboxylic acids is 1. The fourth-order valence-electron chi connectivity index (χ4n) is 1.55. The van der Waals surface area contributed by atoms with Crippen LogP contribution in [-0.4, -0.2) is 23.5 Å². The zero-order chi connectivity index (χ0) is 12.1. The molecule has 4 heteroatoms. The first kappa shape index (κ1) is 12.0. The summed E-state index contributed by atoms with van der Waals surface area (Å²) in [4.78, 5) is 15.7. The van der Waals surface area contributed by atoms with Gasteiger partial charge in [0.25, 0.3) is 0 Å². The van der Waals surface area contributed by atoms with Crippen LogP contribution in [0.5, 0.6) is 0 Å². The average molecular weight is 233 g/mol. The Kier molecular flexibility index (Phi) is 4.09. The summed E-state index contributed by atoms with van der Waals surface area (Å²) in [6, 6.07) is 4.51. The van der Waals surface area contributed by atoms with E-state index in [0.717, 1.165) is 30.6 Å². The van der Waals surface area contributed by atoms with Crippen LogP contribution in [0, 0.1) is 6.92 Å². The van der Waals surface area contributed by atoms with Crippen molar-refractivity contribution in [1.29, 1.82) is 0 Å². The number of hydrogen-bond donors (Lipinski definition) is 2. The zero-order valence-electron chi connectivity index (χ0n) is 10.2. The summed E-state index contributed by atoms with van der Waals surface area (Å²) < 4.78 is 0. The Morgan fingerprint density at radius 3 is 2.94 bits per heavy atom. The first-order valence-corrected chi connectivity index (χ1v) is 6.15. The summed E-state index contributed by atoms with van der Waals surface area (Å²) in [6.07, 6.45) is 4.69. The maximum Gasteiger partial charge on any atom is 0.221 e. The van der Waals surface area contributed by atoms with Crippen LogP contribution in [0.2, 0.25) is 0 Å². The monoisotopic (exact) mass is 233 g/mol. The lowest BCUT2D eigenvalue weighted by molar-refractivity contribution is -0.121. The van der Waals surface area contributed by atoms with Crippen molar-refractivity contribution in [2.24, 2.45) is 0 Å². The number of aromatic nitrogens is 1. The highest BCUT2D eigenvalue weighted by Crippen LogP contribution is 2.18. The average Bonchev–Trinajstić information content (AvgIpc) is 3.11. The van der Waals surface area contributed by atoms with E-state index in [4.69, 9.17) is 0 Å². The maximum atomic E-state index is 11.4. The van der Waals surface area contributed by atoms with Gasteiger partial charge < -0.3 is 10.6 Å². The van der Waals surface area contributed by atoms with Crippen molar-refractivity contribution in [1.82, 2.24) is 15.6 Å². The molecule has 0 radical (unpaired) electrons. The van der Waals surface area contributed by atoms with Crippen LogP contribution in [-0.2, 0) is 11.3 Å². The lowest BCUT2D eigenvalue weighted by Gasteiger charge is -2.05. The molecule has 1 heterocycles. The van der Waals surface area contributed by atoms with Crippen LogP contribution in [0.4, 0.5) is 0 Å². The minimum Gasteiger partial charge on any atom is -0.353 e. The van der Waals surface area contributed by atoms with E-state index in [1.807, 2.05) is 25.3 Å². The second kappa shape index (κ2) is 5.77. The second-order valence-corrected chi connectivity index (χ2v) is 4.60. The summed E-state index contributed by atoms with van der Waals surface area (Å²) in [5.74, 6) is 0.150. The molecule has 4 nitrogen and oxygen atoms in total. The molecule has 92 valence electrons. The predicted octanol–water partition coefficient (Wildman–Crippen LogP) is 1.15. The third kappa shape index (κ3) is 4.53. The number of nitrogens with one attached hydrogen (secondary N) is 2. The highest BCUT2D eigenvalue weighted by atomic mass is 16.1. The van der Waals surface area contributed by atoms with Crippen molar-refractivity contribution < 1.29 is 4.79 Å². The summed E-state index contributed by atoms with van der Waals surface area (Å²) in [5.41, 5.74) is 2.18. The van der Waals surface area contributed by atoms with Crippen molar-refractivity contribution in [2.75, 3.05) is 6.54 Å². The highest BCUT2D eigenvalue weighted by Gasteiger charge is 2.22. The van der Waals surface area contributed by atoms with E-state index < -0.39 is 0 Å². The molecule has 1 aromatic rings. The van der Waals surface area contributed by atoms with Crippen LogP contribution < -0.4 is 10.6 Å². The minimum atomic E-state index is 0.150. The van der Waals surface area contributed by atoms with Crippen molar-refractivity contribution >= 4 is 5.91 Å². The molecule has 17 heavy (non-hydrogen) atoms. The van der Waals surface area contributed by atoms with Gasteiger partial charge in [0.05, 0.1) is 5.69 Å². The Hall–Kier alpha value is -1.42. The van der Waals surface area contributed by atoms with Crippen LogP contribution in [0.3, 0.4) is 0 Å². The molecule has 2 N–H and O–H groups in total. The lowest BCUT2D eigenvalue weighted by Crippen LogP contribution is -2.29. The molecule has 0 atom stereocenters. The summed E-state index contributed by atoms with van der Waals surface area (Å²) in [7, 11) is 0. The minimum absolute atomic E-state index is 0.150. The fourth-order valence-corrected chi connectivity index (χ4v) is 1.55. The largest absolute Gasteiger partial charge is 0.353 e. The molecule has 1 fully saturated rings. The van der Waals surface area contributed by atoms with Gasteiger partial charge in [-0.2, -0.15) is 0 Å². The second-order valence-electron chi connectivity index (χ2n) is 4.60. The standard InChI is InChI=1S/C13H19N3O/c1-10-2-3-12(15-8-10)9-14-7-6-13(17)16-11-4-5-11/h2-3,8,11,14H,4-7,9H2,1H3,(H,16,17). The van der Waals surface area contributed by atoms with Gasteiger partial charge >= 0.3 is 0 Å². The lowest BCUT2D eigenvalue weighted by atomic mass is 10.3. The van der Waals surface area contributed by atoms with Gasteiger partial charge in [0.1, 0.15) is 0 Å². The molecule has 0 aromatic carbocycles. The third-order valence-electron chi connectivity index (χ3n) is 2.75. The third-order valence-corrected chi connectivity index (χ3v) is 2.75. The van der Waals surface area contributed by atoms with Gasteiger partial charge in [-0.3, -0.25) is 9.78 Å². The number of hydrogen-bond acceptors (Lipinski definition) is 3. The molecule has 1 saturated carbocycles. The number of rotatable bonds is 6. The van der Waals surface area contributed by atoms with E-state index in [2.05, 4.69) is 15.6 Å². The van der Waals surface area contributed by atoms with Gasteiger partial charge in [-0.1, -0.05) is 6.07 Å². The van der Waals surface area contributed by atoms with Gasteiger partial charge in [-0.25, -0.2) is 0 Å². The van der Waals surface area contributed by atoms with Crippen molar-refractivity contribution in [3.8, 4) is 0 Å². The molecule has 0 unspecified atom stereocenters. The summed E-state index contributed by atoms with van der Waals surface area (Å²) in [5, 5.41) is 6.19. The van der Waals surface area contributed by atoms with E-state index in [-0.39, 0.29) is 5.91 Å². The van der Waals surface area contributed by atoms with Gasteiger partial charge in [0, 0.05) is 31.7 Å². The molecule has 1 aromatic heterocycles.